The second-order valence-electron chi connectivity index (χ2n) is 5.70. The Labute approximate surface area is 186 Å². The van der Waals surface area contributed by atoms with Gasteiger partial charge >= 0.3 is 6.03 Å². The van der Waals surface area contributed by atoms with Gasteiger partial charge in [-0.05, 0) is 36.4 Å². The largest absolute Gasteiger partial charge is 0.327 e. The minimum absolute atomic E-state index is 0.0122. The highest BCUT2D eigenvalue weighted by Crippen LogP contribution is 2.24. The molecule has 0 saturated heterocycles. The van der Waals surface area contributed by atoms with Crippen LogP contribution in [-0.2, 0) is 9.84 Å². The molecule has 0 aliphatic carbocycles. The van der Waals surface area contributed by atoms with Crippen molar-refractivity contribution in [1.82, 2.24) is 15.3 Å². The fourth-order valence-electron chi connectivity index (χ4n) is 2.28. The van der Waals surface area contributed by atoms with E-state index in [1.165, 1.54) is 36.4 Å². The van der Waals surface area contributed by atoms with Crippen LogP contribution in [0, 0.1) is 0 Å². The minimum Gasteiger partial charge on any atom is -0.291 e. The zero-order chi connectivity index (χ0) is 21.9. The molecule has 0 spiro atoms. The smallest absolute Gasteiger partial charge is 0.291 e. The van der Waals surface area contributed by atoms with Crippen LogP contribution in [-0.4, -0.2) is 30.3 Å². The highest BCUT2D eigenvalue weighted by Gasteiger charge is 2.21. The van der Waals surface area contributed by atoms with E-state index >= 15 is 0 Å². The van der Waals surface area contributed by atoms with Crippen molar-refractivity contribution in [3.05, 3.63) is 75.5 Å². The number of hydrogen-bond donors (Lipinski definition) is 2. The number of hydrogen-bond acceptors (Lipinski definition) is 6. The first-order valence-corrected chi connectivity index (χ1v) is 10.7. The van der Waals surface area contributed by atoms with Gasteiger partial charge in [0.25, 0.3) is 5.91 Å². The lowest BCUT2D eigenvalue weighted by Gasteiger charge is -2.09. The number of urea groups is 1. The first-order chi connectivity index (χ1) is 14.2. The van der Waals surface area contributed by atoms with Gasteiger partial charge in [-0.2, -0.15) is 0 Å². The number of aromatic nitrogens is 2. The normalized spacial score (nSPS) is 11.0. The zero-order valence-corrected chi connectivity index (χ0v) is 17.8. The Morgan fingerprint density at radius 2 is 1.50 bits per heavy atom. The van der Waals surface area contributed by atoms with Crippen LogP contribution < -0.4 is 10.6 Å². The van der Waals surface area contributed by atoms with Gasteiger partial charge in [-0.15, -0.1) is 0 Å². The van der Waals surface area contributed by atoms with Crippen LogP contribution in [0.5, 0.6) is 0 Å². The monoisotopic (exact) mass is 484 g/mol. The quantitative estimate of drug-likeness (QED) is 0.571. The molecule has 8 nitrogen and oxygen atoms in total. The number of nitrogens with one attached hydrogen (secondary N) is 2. The Morgan fingerprint density at radius 1 is 0.867 bits per heavy atom. The van der Waals surface area contributed by atoms with Crippen LogP contribution in [0.4, 0.5) is 10.6 Å². The summed E-state index contributed by atoms with van der Waals surface area (Å²) in [4.78, 5) is 31.9. The lowest BCUT2D eigenvalue weighted by Crippen LogP contribution is -2.35. The van der Waals surface area contributed by atoms with E-state index in [4.69, 9.17) is 34.8 Å². The van der Waals surface area contributed by atoms with Crippen molar-refractivity contribution in [2.45, 2.75) is 9.92 Å². The highest BCUT2D eigenvalue weighted by molar-refractivity contribution is 7.91. The van der Waals surface area contributed by atoms with Crippen molar-refractivity contribution >= 4 is 62.4 Å². The second-order valence-corrected chi connectivity index (χ2v) is 8.85. The average molecular weight is 486 g/mol. The molecular formula is C18H11Cl3N4O4S. The zero-order valence-electron chi connectivity index (χ0n) is 14.8. The first kappa shape index (κ1) is 22.0. The van der Waals surface area contributed by atoms with Gasteiger partial charge in [-0.25, -0.2) is 23.2 Å². The van der Waals surface area contributed by atoms with Gasteiger partial charge in [0, 0.05) is 5.02 Å². The molecule has 3 aromatic rings. The van der Waals surface area contributed by atoms with Crippen LogP contribution in [0.3, 0.4) is 0 Å². The maximum absolute atomic E-state index is 12.5. The molecule has 0 fully saturated rings. The summed E-state index contributed by atoms with van der Waals surface area (Å²) >= 11 is 17.6. The standard InChI is InChI=1S/C18H11Cl3N4O4S/c19-10-4-6-11(7-5-10)30(28,29)15-9-22-14(8-23-15)24-18(27)25-17(26)16-12(20)2-1-3-13(16)21/h1-9H,(H2,22,24,25,26,27). The van der Waals surface area contributed by atoms with Gasteiger partial charge < -0.3 is 0 Å². The molecule has 0 aliphatic heterocycles. The van der Waals surface area contributed by atoms with E-state index in [-0.39, 0.29) is 31.3 Å². The van der Waals surface area contributed by atoms with Crippen LogP contribution in [0.25, 0.3) is 0 Å². The molecule has 154 valence electrons. The molecule has 0 unspecified atom stereocenters. The minimum atomic E-state index is -3.91. The number of anilines is 1. The van der Waals surface area contributed by atoms with E-state index in [2.05, 4.69) is 15.3 Å². The predicted molar refractivity (Wildman–Crippen MR) is 112 cm³/mol. The summed E-state index contributed by atoms with van der Waals surface area (Å²) in [5.41, 5.74) is -0.0635. The third-order valence-electron chi connectivity index (χ3n) is 3.69. The molecule has 1 aromatic heterocycles. The molecule has 1 heterocycles. The van der Waals surface area contributed by atoms with Gasteiger partial charge in [-0.1, -0.05) is 40.9 Å². The average Bonchev–Trinajstić information content (AvgIpc) is 2.68. The number of sulfone groups is 1. The van der Waals surface area contributed by atoms with Crippen LogP contribution in [0.1, 0.15) is 10.4 Å². The summed E-state index contributed by atoms with van der Waals surface area (Å²) in [6, 6.07) is 9.07. The van der Waals surface area contributed by atoms with E-state index < -0.39 is 21.8 Å². The van der Waals surface area contributed by atoms with Gasteiger partial charge in [0.1, 0.15) is 0 Å². The molecule has 0 aliphatic rings. The summed E-state index contributed by atoms with van der Waals surface area (Å²) < 4.78 is 25.1. The van der Waals surface area contributed by atoms with E-state index in [1.54, 1.807) is 6.07 Å². The molecule has 2 N–H and O–H groups in total. The predicted octanol–water partition coefficient (Wildman–Crippen LogP) is 4.23. The van der Waals surface area contributed by atoms with Crippen molar-refractivity contribution in [3.63, 3.8) is 0 Å². The van der Waals surface area contributed by atoms with Crippen molar-refractivity contribution in [2.75, 3.05) is 5.32 Å². The van der Waals surface area contributed by atoms with E-state index in [9.17, 15) is 18.0 Å². The van der Waals surface area contributed by atoms with Crippen LogP contribution in [0.2, 0.25) is 15.1 Å². The number of imide groups is 1. The fourth-order valence-corrected chi connectivity index (χ4v) is 4.10. The number of benzene rings is 2. The third kappa shape index (κ3) is 4.88. The topological polar surface area (TPSA) is 118 Å². The number of carbonyl (C=O) groups excluding carboxylic acids is 2. The van der Waals surface area contributed by atoms with Crippen molar-refractivity contribution in [3.8, 4) is 0 Å². The fraction of sp³-hybridized carbons (Fsp3) is 0. The molecule has 0 atom stereocenters. The second kappa shape index (κ2) is 8.97. The number of carbonyl (C=O) groups is 2. The number of rotatable bonds is 4. The molecule has 0 saturated carbocycles. The lowest BCUT2D eigenvalue weighted by molar-refractivity contribution is 0.0967. The summed E-state index contributed by atoms with van der Waals surface area (Å²) in [5, 5.41) is 4.52. The summed E-state index contributed by atoms with van der Waals surface area (Å²) in [6.45, 7) is 0. The first-order valence-electron chi connectivity index (χ1n) is 8.07. The molecule has 30 heavy (non-hydrogen) atoms. The molecule has 0 bridgehead atoms. The van der Waals surface area contributed by atoms with Crippen LogP contribution >= 0.6 is 34.8 Å². The van der Waals surface area contributed by atoms with Gasteiger partial charge in [-0.3, -0.25) is 15.4 Å². The number of halogens is 3. The van der Waals surface area contributed by atoms with Gasteiger partial charge in [0.05, 0.1) is 32.9 Å². The Morgan fingerprint density at radius 3 is 2.07 bits per heavy atom. The summed E-state index contributed by atoms with van der Waals surface area (Å²) in [6.07, 6.45) is 2.02. The van der Waals surface area contributed by atoms with Crippen molar-refractivity contribution < 1.29 is 18.0 Å². The number of nitrogens with zero attached hydrogens (tertiary/aromatic N) is 2. The van der Waals surface area contributed by atoms with Gasteiger partial charge in [0.2, 0.25) is 9.84 Å². The van der Waals surface area contributed by atoms with E-state index in [0.717, 1.165) is 12.4 Å². The summed E-state index contributed by atoms with van der Waals surface area (Å²) in [5.74, 6) is -0.904. The molecule has 3 amide bonds. The molecule has 2 aromatic carbocycles. The molecule has 12 heteroatoms. The third-order valence-corrected chi connectivity index (χ3v) is 6.22. The van der Waals surface area contributed by atoms with Crippen LogP contribution in [0.15, 0.2) is 64.8 Å². The molecule has 3 rings (SSSR count). The Hall–Kier alpha value is -2.72. The summed E-state index contributed by atoms with van der Waals surface area (Å²) in [7, 11) is -3.91. The van der Waals surface area contributed by atoms with Crippen molar-refractivity contribution in [2.24, 2.45) is 0 Å². The van der Waals surface area contributed by atoms with E-state index in [0.29, 0.717) is 5.02 Å². The maximum Gasteiger partial charge on any atom is 0.327 e. The van der Waals surface area contributed by atoms with Crippen molar-refractivity contribution in [1.29, 1.82) is 0 Å². The Bertz CT molecular complexity index is 1200. The van der Waals surface area contributed by atoms with Gasteiger partial charge in [0.15, 0.2) is 10.8 Å². The maximum atomic E-state index is 12.5. The van der Waals surface area contributed by atoms with E-state index in [1.807, 2.05) is 5.32 Å². The Kier molecular flexibility index (Phi) is 6.57. The molecule has 0 radical (unpaired) electrons. The SMILES string of the molecule is O=C(NC(=O)c1c(Cl)cccc1Cl)Nc1cnc(S(=O)(=O)c2ccc(Cl)cc2)cn1. The Balaban J connectivity index is 1.70. The highest BCUT2D eigenvalue weighted by atomic mass is 35.5. The lowest BCUT2D eigenvalue weighted by atomic mass is 10.2. The molecular weight excluding hydrogens is 475 g/mol. The number of amides is 3.